The largest absolute Gasteiger partial charge is 0.378 e. The molecule has 0 saturated carbocycles. The highest BCUT2D eigenvalue weighted by atomic mass is 32.1. The van der Waals surface area contributed by atoms with E-state index >= 15 is 0 Å². The first-order chi connectivity index (χ1) is 18.4. The molecular weight excluding hydrogens is 510 g/mol. The van der Waals surface area contributed by atoms with Gasteiger partial charge in [-0.25, -0.2) is 4.98 Å². The smallest absolute Gasteiger partial charge is 0.271 e. The predicted molar refractivity (Wildman–Crippen MR) is 162 cm³/mol. The van der Waals surface area contributed by atoms with E-state index < -0.39 is 0 Å². The van der Waals surface area contributed by atoms with Crippen molar-refractivity contribution < 1.29 is 4.79 Å². The molecule has 196 valence electrons. The monoisotopic (exact) mass is 543 g/mol. The van der Waals surface area contributed by atoms with Crippen molar-refractivity contribution in [1.82, 2.24) is 15.2 Å². The topological polar surface area (TPSA) is 60.5 Å². The fraction of sp³-hybridized carbons (Fsp3) is 0.300. The quantitative estimate of drug-likeness (QED) is 0.273. The summed E-state index contributed by atoms with van der Waals surface area (Å²) in [4.78, 5) is 22.0. The number of thiocarbonyl (C=S) groups is 1. The van der Waals surface area contributed by atoms with Crippen LogP contribution >= 0.6 is 23.6 Å². The Morgan fingerprint density at radius 3 is 2.47 bits per heavy atom. The molecule has 5 rings (SSSR count). The summed E-state index contributed by atoms with van der Waals surface area (Å²) in [7, 11) is 4.06. The number of carbonyl (C=O) groups is 1. The maximum absolute atomic E-state index is 13.0. The summed E-state index contributed by atoms with van der Waals surface area (Å²) < 4.78 is 0. The third kappa shape index (κ3) is 5.97. The Morgan fingerprint density at radius 1 is 1.05 bits per heavy atom. The van der Waals surface area contributed by atoms with Crippen LogP contribution in [-0.4, -0.2) is 48.1 Å². The van der Waals surface area contributed by atoms with Crippen LogP contribution in [0.2, 0.25) is 0 Å². The average Bonchev–Trinajstić information content (AvgIpc) is 3.44. The number of anilines is 2. The lowest BCUT2D eigenvalue weighted by Crippen LogP contribution is -2.40. The summed E-state index contributed by atoms with van der Waals surface area (Å²) in [5.41, 5.74) is 3.73. The molecule has 1 aromatic heterocycles. The van der Waals surface area contributed by atoms with E-state index in [1.807, 2.05) is 38.5 Å². The molecule has 1 atom stereocenters. The fourth-order valence-electron chi connectivity index (χ4n) is 4.79. The number of fused-ring (bicyclic) bond motifs is 1. The Morgan fingerprint density at radius 2 is 1.76 bits per heavy atom. The number of hydrogen-bond donors (Lipinski definition) is 2. The molecule has 2 heterocycles. The van der Waals surface area contributed by atoms with Gasteiger partial charge >= 0.3 is 0 Å². The molecule has 38 heavy (non-hydrogen) atoms. The first-order valence-electron chi connectivity index (χ1n) is 13.0. The highest BCUT2D eigenvalue weighted by molar-refractivity contribution is 7.80. The maximum atomic E-state index is 13.0. The van der Waals surface area contributed by atoms with Crippen LogP contribution < -0.4 is 15.5 Å². The molecule has 1 unspecified atom stereocenters. The Bertz CT molecular complexity index is 1420. The maximum Gasteiger partial charge on any atom is 0.271 e. The minimum absolute atomic E-state index is 0.104. The van der Waals surface area contributed by atoms with Crippen molar-refractivity contribution in [3.63, 3.8) is 0 Å². The lowest BCUT2D eigenvalue weighted by Gasteiger charge is -2.33. The molecule has 0 aliphatic carbocycles. The molecule has 0 bridgehead atoms. The zero-order valence-electron chi connectivity index (χ0n) is 22.0. The van der Waals surface area contributed by atoms with Gasteiger partial charge in [0.25, 0.3) is 5.91 Å². The van der Waals surface area contributed by atoms with Crippen molar-refractivity contribution in [2.75, 3.05) is 37.4 Å². The van der Waals surface area contributed by atoms with Gasteiger partial charge in [0.15, 0.2) is 5.11 Å². The van der Waals surface area contributed by atoms with Crippen LogP contribution in [0.1, 0.15) is 52.8 Å². The molecule has 8 heteroatoms. The third-order valence-corrected chi connectivity index (χ3v) is 8.51. The minimum atomic E-state index is -0.128. The van der Waals surface area contributed by atoms with Crippen LogP contribution in [0.15, 0.2) is 72.1 Å². The van der Waals surface area contributed by atoms with Gasteiger partial charge in [-0.3, -0.25) is 4.79 Å². The van der Waals surface area contributed by atoms with Crippen molar-refractivity contribution in [1.29, 1.82) is 0 Å². The first-order valence-corrected chi connectivity index (χ1v) is 14.2. The summed E-state index contributed by atoms with van der Waals surface area (Å²) in [6.45, 7) is 3.75. The number of carbonyl (C=O) groups excluding carboxylic acids is 1. The van der Waals surface area contributed by atoms with Crippen LogP contribution in [0, 0.1) is 0 Å². The van der Waals surface area contributed by atoms with Crippen LogP contribution in [0.4, 0.5) is 11.4 Å². The zero-order chi connectivity index (χ0) is 26.6. The van der Waals surface area contributed by atoms with E-state index in [2.05, 4.69) is 75.0 Å². The number of piperidine rings is 1. The lowest BCUT2D eigenvalue weighted by atomic mass is 9.98. The Kier molecular flexibility index (Phi) is 7.90. The number of thiazole rings is 1. The van der Waals surface area contributed by atoms with Gasteiger partial charge in [0.05, 0.1) is 11.0 Å². The standard InChI is InChI=1S/C30H33N5OS2/c1-20(23-9-8-21-6-4-5-7-24(21)18-23)31-28(36)27-19-38-29(33-27)22-14-16-35(17-15-22)30(37)32-25-10-12-26(13-11-25)34(2)3/h4-13,18-20,22H,14-17H2,1-3H3,(H,31,36)(H,32,37). The third-order valence-electron chi connectivity index (χ3n) is 7.14. The van der Waals surface area contributed by atoms with E-state index in [0.717, 1.165) is 53.0 Å². The minimum Gasteiger partial charge on any atom is -0.378 e. The summed E-state index contributed by atoms with van der Waals surface area (Å²) in [6.07, 6.45) is 1.92. The normalized spacial score (nSPS) is 14.8. The van der Waals surface area contributed by atoms with E-state index in [1.54, 1.807) is 11.3 Å². The molecule has 3 aromatic carbocycles. The van der Waals surface area contributed by atoms with Gasteiger partial charge in [-0.05, 0) is 78.7 Å². The first kappa shape index (κ1) is 26.1. The molecule has 0 radical (unpaired) electrons. The molecule has 1 fully saturated rings. The molecular formula is C30H33N5OS2. The molecule has 1 aliphatic rings. The number of aromatic nitrogens is 1. The average molecular weight is 544 g/mol. The number of rotatable bonds is 6. The lowest BCUT2D eigenvalue weighted by molar-refractivity contribution is 0.0935. The number of hydrogen-bond acceptors (Lipinski definition) is 5. The van der Waals surface area contributed by atoms with Gasteiger partial charge in [-0.1, -0.05) is 36.4 Å². The molecule has 4 aromatic rings. The van der Waals surface area contributed by atoms with Gasteiger partial charge in [0.2, 0.25) is 0 Å². The molecule has 1 saturated heterocycles. The zero-order valence-corrected chi connectivity index (χ0v) is 23.6. The van der Waals surface area contributed by atoms with Crippen molar-refractivity contribution in [3.8, 4) is 0 Å². The number of amides is 1. The number of nitrogens with zero attached hydrogens (tertiary/aromatic N) is 3. The van der Waals surface area contributed by atoms with E-state index in [1.165, 1.54) is 10.8 Å². The van der Waals surface area contributed by atoms with E-state index in [9.17, 15) is 4.79 Å². The van der Waals surface area contributed by atoms with E-state index in [-0.39, 0.29) is 11.9 Å². The van der Waals surface area contributed by atoms with Gasteiger partial charge in [-0.2, -0.15) is 0 Å². The Balaban J connectivity index is 1.13. The fourth-order valence-corrected chi connectivity index (χ4v) is 6.06. The Hall–Kier alpha value is -3.49. The molecule has 6 nitrogen and oxygen atoms in total. The summed E-state index contributed by atoms with van der Waals surface area (Å²) in [5, 5.41) is 12.5. The van der Waals surface area contributed by atoms with E-state index in [4.69, 9.17) is 17.2 Å². The Labute approximate surface area is 233 Å². The SMILES string of the molecule is CC(NC(=O)c1csc(C2CCN(C(=S)Nc3ccc(N(C)C)cc3)CC2)n1)c1ccc2ccccc2c1. The second-order valence-corrected chi connectivity index (χ2v) is 11.3. The van der Waals surface area contributed by atoms with Gasteiger partial charge in [-0.15, -0.1) is 11.3 Å². The molecule has 0 spiro atoms. The number of likely N-dealkylation sites (tertiary alicyclic amines) is 1. The second kappa shape index (κ2) is 11.5. The van der Waals surface area contributed by atoms with Crippen LogP contribution in [-0.2, 0) is 0 Å². The molecule has 1 amide bonds. The van der Waals surface area contributed by atoms with Crippen molar-refractivity contribution in [2.24, 2.45) is 0 Å². The van der Waals surface area contributed by atoms with Crippen LogP contribution in [0.3, 0.4) is 0 Å². The highest BCUT2D eigenvalue weighted by Gasteiger charge is 2.25. The predicted octanol–water partition coefficient (Wildman–Crippen LogP) is 6.43. The van der Waals surface area contributed by atoms with Crippen LogP contribution in [0.25, 0.3) is 10.8 Å². The number of nitrogens with one attached hydrogen (secondary N) is 2. The van der Waals surface area contributed by atoms with Crippen LogP contribution in [0.5, 0.6) is 0 Å². The van der Waals surface area contributed by atoms with Crippen molar-refractivity contribution >= 4 is 56.7 Å². The van der Waals surface area contributed by atoms with Crippen molar-refractivity contribution in [3.05, 3.63) is 88.4 Å². The van der Waals surface area contributed by atoms with Crippen molar-refractivity contribution in [2.45, 2.75) is 31.7 Å². The highest BCUT2D eigenvalue weighted by Crippen LogP contribution is 2.31. The van der Waals surface area contributed by atoms with Gasteiger partial charge < -0.3 is 20.4 Å². The molecule has 2 N–H and O–H groups in total. The van der Waals surface area contributed by atoms with Gasteiger partial charge in [0.1, 0.15) is 5.69 Å². The summed E-state index contributed by atoms with van der Waals surface area (Å²) in [6, 6.07) is 22.7. The summed E-state index contributed by atoms with van der Waals surface area (Å²) >= 11 is 7.26. The van der Waals surface area contributed by atoms with E-state index in [0.29, 0.717) is 11.6 Å². The van der Waals surface area contributed by atoms with Gasteiger partial charge in [0, 0.05) is 49.9 Å². The summed E-state index contributed by atoms with van der Waals surface area (Å²) in [5.74, 6) is 0.217. The second-order valence-electron chi connectivity index (χ2n) is 10.0. The number of benzene rings is 3. The molecule has 1 aliphatic heterocycles.